The molecule has 1 aliphatic heterocycles. The smallest absolute Gasteiger partial charge is 0.414 e. The second-order valence-corrected chi connectivity index (χ2v) is 7.18. The number of carbonyl (C=O) groups excluding carboxylic acids is 1. The third kappa shape index (κ3) is 5.13. The Balaban J connectivity index is 1.52. The van der Waals surface area contributed by atoms with Crippen molar-refractivity contribution in [3.63, 3.8) is 0 Å². The zero-order valence-electron chi connectivity index (χ0n) is 14.9. The van der Waals surface area contributed by atoms with Crippen LogP contribution in [0.25, 0.3) is 0 Å². The molecule has 0 saturated carbocycles. The Hall–Kier alpha value is -3.27. The summed E-state index contributed by atoms with van der Waals surface area (Å²) in [4.78, 5) is 25.1. The molecule has 1 saturated heterocycles. The second-order valence-electron chi connectivity index (χ2n) is 6.18. The molecule has 3 rings (SSSR count). The SMILES string of the molecule is N=C(N)NCc1ccc(N2CC(COc3csc(CC(=O)O)c3)OC2=O)cc1. The summed E-state index contributed by atoms with van der Waals surface area (Å²) in [7, 11) is 0. The molecular weight excluding hydrogens is 384 g/mol. The summed E-state index contributed by atoms with van der Waals surface area (Å²) in [6.45, 7) is 0.975. The van der Waals surface area contributed by atoms with Crippen molar-refractivity contribution in [2.45, 2.75) is 19.1 Å². The van der Waals surface area contributed by atoms with Crippen molar-refractivity contribution in [1.29, 1.82) is 5.41 Å². The van der Waals surface area contributed by atoms with E-state index in [0.717, 1.165) is 5.56 Å². The number of ether oxygens (including phenoxy) is 2. The maximum atomic E-state index is 12.1. The van der Waals surface area contributed by atoms with E-state index in [-0.39, 0.29) is 19.0 Å². The Bertz CT molecular complexity index is 867. The van der Waals surface area contributed by atoms with Crippen molar-refractivity contribution in [3.8, 4) is 5.75 Å². The normalized spacial score (nSPS) is 15.9. The molecule has 1 aromatic carbocycles. The van der Waals surface area contributed by atoms with Gasteiger partial charge in [-0.1, -0.05) is 12.1 Å². The van der Waals surface area contributed by atoms with Gasteiger partial charge in [-0.25, -0.2) is 4.79 Å². The highest BCUT2D eigenvalue weighted by molar-refractivity contribution is 7.10. The van der Waals surface area contributed by atoms with Crippen LogP contribution in [0.3, 0.4) is 0 Å². The van der Waals surface area contributed by atoms with Gasteiger partial charge in [0.05, 0.1) is 13.0 Å². The molecular formula is C18H20N4O5S. The average molecular weight is 404 g/mol. The Labute approximate surface area is 165 Å². The number of hydrogen-bond acceptors (Lipinski definition) is 6. The minimum Gasteiger partial charge on any atom is -0.489 e. The fraction of sp³-hybridized carbons (Fsp3) is 0.278. The minimum absolute atomic E-state index is 0.0435. The van der Waals surface area contributed by atoms with E-state index >= 15 is 0 Å². The molecule has 2 heterocycles. The topological polar surface area (TPSA) is 138 Å². The summed E-state index contributed by atoms with van der Waals surface area (Å²) in [6, 6.07) is 8.98. The van der Waals surface area contributed by atoms with Crippen molar-refractivity contribution in [2.24, 2.45) is 5.73 Å². The van der Waals surface area contributed by atoms with Crippen LogP contribution in [0.5, 0.6) is 5.75 Å². The lowest BCUT2D eigenvalue weighted by molar-refractivity contribution is -0.136. The van der Waals surface area contributed by atoms with E-state index in [9.17, 15) is 9.59 Å². The standard InChI is InChI=1S/C18H20N4O5S/c19-17(20)21-7-11-1-3-12(4-2-11)22-8-14(27-18(22)25)9-26-13-5-15(28-10-13)6-16(23)24/h1-5,10,14H,6-9H2,(H,23,24)(H4,19,20,21). The minimum atomic E-state index is -0.892. The molecule has 0 aliphatic carbocycles. The van der Waals surface area contributed by atoms with Crippen LogP contribution in [0.15, 0.2) is 35.7 Å². The zero-order chi connectivity index (χ0) is 20.1. The molecule has 5 N–H and O–H groups in total. The lowest BCUT2D eigenvalue weighted by Gasteiger charge is -2.14. The lowest BCUT2D eigenvalue weighted by Crippen LogP contribution is -2.29. The van der Waals surface area contributed by atoms with Gasteiger partial charge < -0.3 is 25.6 Å². The van der Waals surface area contributed by atoms with Crippen LogP contribution >= 0.6 is 11.3 Å². The molecule has 0 radical (unpaired) electrons. The molecule has 148 valence electrons. The van der Waals surface area contributed by atoms with Crippen molar-refractivity contribution in [1.82, 2.24) is 5.32 Å². The van der Waals surface area contributed by atoms with Gasteiger partial charge in [0.2, 0.25) is 0 Å². The third-order valence-electron chi connectivity index (χ3n) is 4.00. The first-order chi connectivity index (χ1) is 13.4. The molecule has 10 heteroatoms. The largest absolute Gasteiger partial charge is 0.489 e. The number of carboxylic acid groups (broad SMARTS) is 1. The van der Waals surface area contributed by atoms with Crippen LogP contribution in [-0.4, -0.2) is 42.4 Å². The Morgan fingerprint density at radius 1 is 1.43 bits per heavy atom. The van der Waals surface area contributed by atoms with Crippen molar-refractivity contribution in [3.05, 3.63) is 46.2 Å². The van der Waals surface area contributed by atoms with Crippen molar-refractivity contribution in [2.75, 3.05) is 18.1 Å². The molecule has 1 amide bonds. The molecule has 2 aromatic rings. The first kappa shape index (κ1) is 19.5. The number of carboxylic acids is 1. The Morgan fingerprint density at radius 3 is 2.86 bits per heavy atom. The highest BCUT2D eigenvalue weighted by Crippen LogP contribution is 2.25. The van der Waals surface area contributed by atoms with Crippen LogP contribution in [0, 0.1) is 5.41 Å². The molecule has 1 fully saturated rings. The molecule has 0 spiro atoms. The summed E-state index contributed by atoms with van der Waals surface area (Å²) < 4.78 is 11.0. The van der Waals surface area contributed by atoms with Gasteiger partial charge in [0.15, 0.2) is 12.1 Å². The highest BCUT2D eigenvalue weighted by Gasteiger charge is 2.32. The first-order valence-corrected chi connectivity index (χ1v) is 9.35. The number of cyclic esters (lactones) is 1. The number of benzene rings is 1. The van der Waals surface area contributed by atoms with E-state index in [4.69, 9.17) is 25.7 Å². The van der Waals surface area contributed by atoms with Crippen LogP contribution in [-0.2, 0) is 22.5 Å². The summed E-state index contributed by atoms with van der Waals surface area (Å²) in [5.41, 5.74) is 6.90. The highest BCUT2D eigenvalue weighted by atomic mass is 32.1. The van der Waals surface area contributed by atoms with Gasteiger partial charge in [-0.3, -0.25) is 15.1 Å². The number of amides is 1. The van der Waals surface area contributed by atoms with Crippen molar-refractivity contribution < 1.29 is 24.2 Å². The molecule has 1 unspecified atom stereocenters. The van der Waals surface area contributed by atoms with E-state index in [1.165, 1.54) is 16.2 Å². The summed E-state index contributed by atoms with van der Waals surface area (Å²) in [5, 5.41) is 20.4. The molecule has 1 atom stereocenters. The van der Waals surface area contributed by atoms with E-state index in [1.54, 1.807) is 23.6 Å². The van der Waals surface area contributed by atoms with E-state index in [1.807, 2.05) is 12.1 Å². The third-order valence-corrected chi connectivity index (χ3v) is 4.91. The number of anilines is 1. The maximum Gasteiger partial charge on any atom is 0.414 e. The number of nitrogens with one attached hydrogen (secondary N) is 2. The maximum absolute atomic E-state index is 12.1. The van der Waals surface area contributed by atoms with E-state index < -0.39 is 18.2 Å². The Kier molecular flexibility index (Phi) is 5.99. The monoisotopic (exact) mass is 404 g/mol. The average Bonchev–Trinajstić information content (AvgIpc) is 3.24. The first-order valence-electron chi connectivity index (χ1n) is 8.47. The number of nitrogens with zero attached hydrogens (tertiary/aromatic N) is 1. The summed E-state index contributed by atoms with van der Waals surface area (Å²) in [6.07, 6.45) is -0.910. The zero-order valence-corrected chi connectivity index (χ0v) is 15.7. The molecule has 0 bridgehead atoms. The lowest BCUT2D eigenvalue weighted by atomic mass is 10.2. The van der Waals surface area contributed by atoms with Gasteiger partial charge in [-0.15, -0.1) is 11.3 Å². The number of hydrogen-bond donors (Lipinski definition) is 4. The van der Waals surface area contributed by atoms with Crippen LogP contribution in [0.4, 0.5) is 10.5 Å². The van der Waals surface area contributed by atoms with Gasteiger partial charge >= 0.3 is 12.1 Å². The van der Waals surface area contributed by atoms with Gasteiger partial charge in [-0.05, 0) is 23.8 Å². The van der Waals surface area contributed by atoms with Gasteiger partial charge in [-0.2, -0.15) is 0 Å². The number of guanidine groups is 1. The van der Waals surface area contributed by atoms with Crippen LogP contribution in [0.2, 0.25) is 0 Å². The number of nitrogens with two attached hydrogens (primary N) is 1. The molecule has 1 aliphatic rings. The van der Waals surface area contributed by atoms with E-state index in [2.05, 4.69) is 5.32 Å². The summed E-state index contributed by atoms with van der Waals surface area (Å²) in [5.74, 6) is -0.425. The van der Waals surface area contributed by atoms with Gasteiger partial charge in [0.25, 0.3) is 0 Å². The predicted octanol–water partition coefficient (Wildman–Crippen LogP) is 1.76. The molecule has 9 nitrogen and oxygen atoms in total. The number of thiophene rings is 1. The van der Waals surface area contributed by atoms with Crippen molar-refractivity contribution >= 4 is 35.0 Å². The predicted molar refractivity (Wildman–Crippen MR) is 104 cm³/mol. The Morgan fingerprint density at radius 2 is 2.18 bits per heavy atom. The number of aliphatic carboxylic acids is 1. The fourth-order valence-corrected chi connectivity index (χ4v) is 3.47. The molecule has 1 aromatic heterocycles. The number of rotatable bonds is 8. The summed E-state index contributed by atoms with van der Waals surface area (Å²) >= 11 is 1.32. The quantitative estimate of drug-likeness (QED) is 0.388. The van der Waals surface area contributed by atoms with Gasteiger partial charge in [0, 0.05) is 22.5 Å². The van der Waals surface area contributed by atoms with Crippen LogP contribution < -0.4 is 20.7 Å². The van der Waals surface area contributed by atoms with Crippen LogP contribution in [0.1, 0.15) is 10.4 Å². The number of carbonyl (C=O) groups is 2. The van der Waals surface area contributed by atoms with Gasteiger partial charge in [0.1, 0.15) is 12.4 Å². The van der Waals surface area contributed by atoms with E-state index in [0.29, 0.717) is 29.4 Å². The second kappa shape index (κ2) is 8.61. The fourth-order valence-electron chi connectivity index (χ4n) is 2.68. The molecule has 28 heavy (non-hydrogen) atoms.